The molecule has 0 unspecified atom stereocenters. The van der Waals surface area contributed by atoms with Crippen LogP contribution in [0, 0.1) is 12.7 Å². The average Bonchev–Trinajstić information content (AvgIpc) is 2.90. The Hall–Kier alpha value is -2.95. The zero-order chi connectivity index (χ0) is 15.1. The van der Waals surface area contributed by atoms with E-state index in [9.17, 15) is 4.39 Å². The lowest BCUT2D eigenvalue weighted by Gasteiger charge is -2.09. The molecule has 4 aromatic rings. The monoisotopic (exact) mass is 293 g/mol. The van der Waals surface area contributed by atoms with E-state index in [0.29, 0.717) is 17.3 Å². The Morgan fingerprint density at radius 2 is 1.82 bits per heavy atom. The number of benzene rings is 2. The Morgan fingerprint density at radius 1 is 1.05 bits per heavy atom. The van der Waals surface area contributed by atoms with Gasteiger partial charge in [-0.3, -0.25) is 0 Å². The number of aryl methyl sites for hydroxylation is 1. The van der Waals surface area contributed by atoms with Crippen LogP contribution >= 0.6 is 0 Å². The molecular weight excluding hydrogens is 281 g/mol. The molecule has 2 aromatic heterocycles. The summed E-state index contributed by atoms with van der Waals surface area (Å²) in [5.74, 6) is 0.723. The van der Waals surface area contributed by atoms with Gasteiger partial charge in [-0.05, 0) is 43.3 Å². The first-order chi connectivity index (χ1) is 10.7. The van der Waals surface area contributed by atoms with E-state index in [2.05, 4.69) is 10.1 Å². The minimum atomic E-state index is -0.299. The summed E-state index contributed by atoms with van der Waals surface area (Å²) in [6, 6.07) is 15.5. The van der Waals surface area contributed by atoms with E-state index in [1.54, 1.807) is 16.6 Å². The SMILES string of the molecule is Cc1cc2nc(Oc3ccc(F)cc3)c3ccccc3n2n1. The van der Waals surface area contributed by atoms with E-state index in [4.69, 9.17) is 4.74 Å². The maximum absolute atomic E-state index is 13.0. The van der Waals surface area contributed by atoms with Crippen LogP contribution in [0.4, 0.5) is 4.39 Å². The second-order valence-corrected chi connectivity index (χ2v) is 5.05. The van der Waals surface area contributed by atoms with E-state index in [1.165, 1.54) is 12.1 Å². The fourth-order valence-corrected chi connectivity index (χ4v) is 2.44. The van der Waals surface area contributed by atoms with E-state index in [1.807, 2.05) is 37.3 Å². The molecule has 0 amide bonds. The molecule has 0 N–H and O–H groups in total. The van der Waals surface area contributed by atoms with E-state index in [0.717, 1.165) is 16.6 Å². The van der Waals surface area contributed by atoms with Crippen molar-refractivity contribution in [3.8, 4) is 11.6 Å². The van der Waals surface area contributed by atoms with Gasteiger partial charge >= 0.3 is 0 Å². The molecule has 0 aliphatic rings. The molecule has 4 nitrogen and oxygen atoms in total. The van der Waals surface area contributed by atoms with Crippen molar-refractivity contribution < 1.29 is 9.13 Å². The molecule has 0 saturated carbocycles. The standard InChI is InChI=1S/C17H12FN3O/c1-11-10-16-19-17(22-13-8-6-12(18)7-9-13)14-4-2-3-5-15(14)21(16)20-11/h2-10H,1H3. The van der Waals surface area contributed by atoms with Crippen LogP contribution in [0.15, 0.2) is 54.6 Å². The summed E-state index contributed by atoms with van der Waals surface area (Å²) in [6.45, 7) is 1.92. The van der Waals surface area contributed by atoms with Gasteiger partial charge in [-0.15, -0.1) is 0 Å². The second-order valence-electron chi connectivity index (χ2n) is 5.05. The first-order valence-electron chi connectivity index (χ1n) is 6.89. The zero-order valence-electron chi connectivity index (χ0n) is 11.8. The molecule has 0 atom stereocenters. The number of ether oxygens (including phenoxy) is 1. The number of aromatic nitrogens is 3. The molecule has 0 spiro atoms. The fraction of sp³-hybridized carbons (Fsp3) is 0.0588. The summed E-state index contributed by atoms with van der Waals surface area (Å²) in [5.41, 5.74) is 2.52. The quantitative estimate of drug-likeness (QED) is 0.558. The highest BCUT2D eigenvalue weighted by Crippen LogP contribution is 2.29. The highest BCUT2D eigenvalue weighted by Gasteiger charge is 2.11. The molecule has 0 bridgehead atoms. The van der Waals surface area contributed by atoms with E-state index < -0.39 is 0 Å². The van der Waals surface area contributed by atoms with Crippen LogP contribution in [0.1, 0.15) is 5.69 Å². The van der Waals surface area contributed by atoms with Crippen LogP contribution in [0.3, 0.4) is 0 Å². The number of hydrogen-bond acceptors (Lipinski definition) is 3. The van der Waals surface area contributed by atoms with Gasteiger partial charge in [-0.25, -0.2) is 8.91 Å². The molecule has 0 radical (unpaired) electrons. The van der Waals surface area contributed by atoms with Crippen LogP contribution in [0.5, 0.6) is 11.6 Å². The van der Waals surface area contributed by atoms with Crippen LogP contribution in [0.2, 0.25) is 0 Å². The summed E-state index contributed by atoms with van der Waals surface area (Å²) in [7, 11) is 0. The minimum Gasteiger partial charge on any atom is -0.438 e. The zero-order valence-corrected chi connectivity index (χ0v) is 11.8. The summed E-state index contributed by atoms with van der Waals surface area (Å²) >= 11 is 0. The first-order valence-corrected chi connectivity index (χ1v) is 6.89. The molecule has 4 rings (SSSR count). The van der Waals surface area contributed by atoms with Gasteiger partial charge in [0.1, 0.15) is 11.6 Å². The summed E-state index contributed by atoms with van der Waals surface area (Å²) in [5, 5.41) is 5.30. The number of rotatable bonds is 2. The van der Waals surface area contributed by atoms with Crippen molar-refractivity contribution in [1.29, 1.82) is 0 Å². The van der Waals surface area contributed by atoms with Gasteiger partial charge in [0, 0.05) is 6.07 Å². The van der Waals surface area contributed by atoms with E-state index >= 15 is 0 Å². The first kappa shape index (κ1) is 12.8. The van der Waals surface area contributed by atoms with Crippen molar-refractivity contribution in [2.45, 2.75) is 6.92 Å². The number of nitrogens with zero attached hydrogens (tertiary/aromatic N) is 3. The van der Waals surface area contributed by atoms with Crippen LogP contribution < -0.4 is 4.74 Å². The molecule has 0 saturated heterocycles. The second kappa shape index (κ2) is 4.80. The van der Waals surface area contributed by atoms with Gasteiger partial charge < -0.3 is 4.74 Å². The number of hydrogen-bond donors (Lipinski definition) is 0. The Kier molecular flexibility index (Phi) is 2.79. The predicted molar refractivity (Wildman–Crippen MR) is 81.7 cm³/mol. The average molecular weight is 293 g/mol. The topological polar surface area (TPSA) is 39.4 Å². The Balaban J connectivity index is 1.92. The molecule has 22 heavy (non-hydrogen) atoms. The smallest absolute Gasteiger partial charge is 0.230 e. The lowest BCUT2D eigenvalue weighted by molar-refractivity contribution is 0.468. The summed E-state index contributed by atoms with van der Waals surface area (Å²) in [6.07, 6.45) is 0. The maximum atomic E-state index is 13.0. The van der Waals surface area contributed by atoms with Gasteiger partial charge in [0.25, 0.3) is 0 Å². The van der Waals surface area contributed by atoms with Gasteiger partial charge in [0.15, 0.2) is 5.65 Å². The van der Waals surface area contributed by atoms with Crippen molar-refractivity contribution in [1.82, 2.24) is 14.6 Å². The van der Waals surface area contributed by atoms with Crippen molar-refractivity contribution in [2.24, 2.45) is 0 Å². The van der Waals surface area contributed by atoms with Crippen molar-refractivity contribution in [3.63, 3.8) is 0 Å². The Bertz CT molecular complexity index is 976. The van der Waals surface area contributed by atoms with Crippen molar-refractivity contribution >= 4 is 16.6 Å². The van der Waals surface area contributed by atoms with Gasteiger partial charge in [0.05, 0.1) is 16.6 Å². The highest BCUT2D eigenvalue weighted by atomic mass is 19.1. The largest absolute Gasteiger partial charge is 0.438 e. The lowest BCUT2D eigenvalue weighted by Crippen LogP contribution is -1.97. The minimum absolute atomic E-state index is 0.299. The Morgan fingerprint density at radius 3 is 2.64 bits per heavy atom. The molecule has 5 heteroatoms. The number of fused-ring (bicyclic) bond motifs is 3. The lowest BCUT2D eigenvalue weighted by atomic mass is 10.2. The van der Waals surface area contributed by atoms with Gasteiger partial charge in [-0.2, -0.15) is 10.1 Å². The van der Waals surface area contributed by atoms with Crippen LogP contribution in [0.25, 0.3) is 16.6 Å². The third kappa shape index (κ3) is 2.07. The van der Waals surface area contributed by atoms with Crippen molar-refractivity contribution in [2.75, 3.05) is 0 Å². The summed E-state index contributed by atoms with van der Waals surface area (Å²) < 4.78 is 20.6. The molecular formula is C17H12FN3O. The maximum Gasteiger partial charge on any atom is 0.230 e. The number of para-hydroxylation sites is 1. The fourth-order valence-electron chi connectivity index (χ4n) is 2.44. The summed E-state index contributed by atoms with van der Waals surface area (Å²) in [4.78, 5) is 4.53. The molecule has 0 fully saturated rings. The third-order valence-corrected chi connectivity index (χ3v) is 3.42. The van der Waals surface area contributed by atoms with E-state index in [-0.39, 0.29) is 5.82 Å². The van der Waals surface area contributed by atoms with Gasteiger partial charge in [0.2, 0.25) is 5.88 Å². The molecule has 0 aliphatic carbocycles. The van der Waals surface area contributed by atoms with Crippen LogP contribution in [-0.2, 0) is 0 Å². The van der Waals surface area contributed by atoms with Crippen LogP contribution in [-0.4, -0.2) is 14.6 Å². The molecule has 2 heterocycles. The normalized spacial score (nSPS) is 11.2. The third-order valence-electron chi connectivity index (χ3n) is 3.42. The number of halogens is 1. The molecule has 0 aliphatic heterocycles. The molecule has 108 valence electrons. The Labute approximate surface area is 125 Å². The van der Waals surface area contributed by atoms with Gasteiger partial charge in [-0.1, -0.05) is 12.1 Å². The predicted octanol–water partition coefficient (Wildman–Crippen LogP) is 4.12. The highest BCUT2D eigenvalue weighted by molar-refractivity contribution is 5.86. The molecule has 2 aromatic carbocycles. The van der Waals surface area contributed by atoms with Crippen molar-refractivity contribution in [3.05, 3.63) is 66.1 Å².